The van der Waals surface area contributed by atoms with E-state index in [1.54, 1.807) is 0 Å². The first kappa shape index (κ1) is 11.9. The fourth-order valence-electron chi connectivity index (χ4n) is 0.889. The molecule has 1 aromatic rings. The number of rotatable bonds is 2. The first-order valence-corrected chi connectivity index (χ1v) is 4.65. The molecule has 1 N–H and O–H groups in total. The summed E-state index contributed by atoms with van der Waals surface area (Å²) < 4.78 is 13.2. The molecule has 0 heterocycles. The van der Waals surface area contributed by atoms with Crippen LogP contribution in [0.1, 0.15) is 5.56 Å². The molecule has 0 amide bonds. The number of nitro benzene ring substituents is 1. The molecule has 0 fully saturated rings. The monoisotopic (exact) mass is 296 g/mol. The fourth-order valence-corrected chi connectivity index (χ4v) is 1.66. The lowest BCUT2D eigenvalue weighted by Gasteiger charge is -2.01. The maximum absolute atomic E-state index is 13.0. The molecule has 0 bridgehead atoms. The summed E-state index contributed by atoms with van der Waals surface area (Å²) in [4.78, 5) is 9.50. The highest BCUT2D eigenvalue weighted by molar-refractivity contribution is 9.10. The Hall–Kier alpha value is -1.21. The summed E-state index contributed by atoms with van der Waals surface area (Å²) in [7, 11) is 0. The zero-order valence-electron chi connectivity index (χ0n) is 6.95. The molecule has 0 saturated carbocycles. The van der Waals surface area contributed by atoms with Crippen molar-refractivity contribution < 1.29 is 14.5 Å². The highest BCUT2D eigenvalue weighted by Gasteiger charge is 2.19. The Labute approximate surface area is 96.4 Å². The van der Waals surface area contributed by atoms with Gasteiger partial charge in [0.25, 0.3) is 0 Å². The maximum atomic E-state index is 13.0. The molecule has 8 heteroatoms. The second-order valence-corrected chi connectivity index (χ2v) is 3.64. The predicted molar refractivity (Wildman–Crippen MR) is 54.9 cm³/mol. The fraction of sp³-hybridized carbons (Fsp3) is 0. The third-order valence-corrected chi connectivity index (χ3v) is 2.48. The van der Waals surface area contributed by atoms with Crippen LogP contribution in [-0.2, 0) is 0 Å². The Morgan fingerprint density at radius 2 is 2.27 bits per heavy atom. The summed E-state index contributed by atoms with van der Waals surface area (Å²) >= 11 is 8.38. The lowest BCUT2D eigenvalue weighted by atomic mass is 10.2. The lowest BCUT2D eigenvalue weighted by Crippen LogP contribution is -1.99. The predicted octanol–water partition coefficient (Wildman–Crippen LogP) is 2.87. The number of nitro groups is 1. The van der Waals surface area contributed by atoms with Crippen molar-refractivity contribution in [1.29, 1.82) is 0 Å². The van der Waals surface area contributed by atoms with Gasteiger partial charge in [0.15, 0.2) is 5.17 Å². The number of hydrogen-bond donors (Lipinski definition) is 1. The first-order valence-electron chi connectivity index (χ1n) is 3.48. The molecule has 80 valence electrons. The number of halogens is 3. The summed E-state index contributed by atoms with van der Waals surface area (Å²) in [5.41, 5.74) is -0.706. The average molecular weight is 297 g/mol. The van der Waals surface area contributed by atoms with E-state index in [-0.39, 0.29) is 15.2 Å². The van der Waals surface area contributed by atoms with E-state index < -0.39 is 16.4 Å². The van der Waals surface area contributed by atoms with Crippen LogP contribution in [0.2, 0.25) is 0 Å². The van der Waals surface area contributed by atoms with Crippen LogP contribution >= 0.6 is 27.5 Å². The summed E-state index contributed by atoms with van der Waals surface area (Å²) in [5.74, 6) is -1.00. The first-order chi connectivity index (χ1) is 6.97. The van der Waals surface area contributed by atoms with E-state index in [4.69, 9.17) is 16.8 Å². The van der Waals surface area contributed by atoms with E-state index in [1.165, 1.54) is 0 Å². The molecule has 0 unspecified atom stereocenters. The van der Waals surface area contributed by atoms with Gasteiger partial charge >= 0.3 is 5.69 Å². The van der Waals surface area contributed by atoms with Gasteiger partial charge in [0.05, 0.1) is 4.92 Å². The van der Waals surface area contributed by atoms with E-state index in [9.17, 15) is 14.5 Å². The van der Waals surface area contributed by atoms with Crippen molar-refractivity contribution in [2.24, 2.45) is 5.16 Å². The number of benzene rings is 1. The molecule has 5 nitrogen and oxygen atoms in total. The van der Waals surface area contributed by atoms with Crippen molar-refractivity contribution in [3.05, 3.63) is 38.1 Å². The molecular weight excluding hydrogens is 294 g/mol. The molecule has 1 rings (SSSR count). The summed E-state index contributed by atoms with van der Waals surface area (Å²) in [6, 6.07) is 1.75. The van der Waals surface area contributed by atoms with Gasteiger partial charge in [-0.05, 0) is 22.0 Å². The Morgan fingerprint density at radius 3 is 2.73 bits per heavy atom. The van der Waals surface area contributed by atoms with E-state index in [0.717, 1.165) is 12.1 Å². The average Bonchev–Trinajstić information content (AvgIpc) is 2.16. The van der Waals surface area contributed by atoms with Crippen LogP contribution in [0.3, 0.4) is 0 Å². The van der Waals surface area contributed by atoms with Crippen LogP contribution < -0.4 is 0 Å². The van der Waals surface area contributed by atoms with Crippen LogP contribution in [-0.4, -0.2) is 15.3 Å². The molecule has 0 spiro atoms. The quantitative estimate of drug-likeness (QED) is 0.395. The Morgan fingerprint density at radius 1 is 1.67 bits per heavy atom. The van der Waals surface area contributed by atoms with Gasteiger partial charge in [-0.2, -0.15) is 4.39 Å². The third kappa shape index (κ3) is 2.42. The maximum Gasteiger partial charge on any atom is 0.305 e. The normalized spacial score (nSPS) is 11.5. The van der Waals surface area contributed by atoms with Gasteiger partial charge in [0.2, 0.25) is 5.82 Å². The minimum Gasteiger partial charge on any atom is -0.410 e. The molecule has 0 radical (unpaired) electrons. The topological polar surface area (TPSA) is 75.7 Å². The molecule has 0 saturated heterocycles. The van der Waals surface area contributed by atoms with Crippen molar-refractivity contribution in [3.8, 4) is 0 Å². The molecule has 0 atom stereocenters. The van der Waals surface area contributed by atoms with Crippen LogP contribution in [0.25, 0.3) is 0 Å². The Kier molecular flexibility index (Phi) is 3.59. The number of oxime groups is 1. The van der Waals surface area contributed by atoms with Crippen LogP contribution in [0.5, 0.6) is 0 Å². The zero-order chi connectivity index (χ0) is 11.6. The van der Waals surface area contributed by atoms with Gasteiger partial charge in [-0.3, -0.25) is 10.1 Å². The number of hydrogen-bond acceptors (Lipinski definition) is 4. The van der Waals surface area contributed by atoms with Gasteiger partial charge in [-0.1, -0.05) is 16.8 Å². The minimum atomic E-state index is -1.00. The second kappa shape index (κ2) is 4.54. The summed E-state index contributed by atoms with van der Waals surface area (Å²) in [6.45, 7) is 0. The van der Waals surface area contributed by atoms with Crippen LogP contribution in [0, 0.1) is 15.9 Å². The summed E-state index contributed by atoms with van der Waals surface area (Å²) in [6.07, 6.45) is 0. The van der Waals surface area contributed by atoms with E-state index in [1.807, 2.05) is 0 Å². The lowest BCUT2D eigenvalue weighted by molar-refractivity contribution is -0.387. The molecule has 15 heavy (non-hydrogen) atoms. The second-order valence-electron chi connectivity index (χ2n) is 2.43. The SMILES string of the molecule is O=[N+]([O-])c1cc(/C(Cl)=N/O)c(Br)cc1F. The van der Waals surface area contributed by atoms with E-state index >= 15 is 0 Å². The summed E-state index contributed by atoms with van der Waals surface area (Å²) in [5, 5.41) is 21.1. The highest BCUT2D eigenvalue weighted by atomic mass is 79.9. The van der Waals surface area contributed by atoms with Gasteiger partial charge in [-0.25, -0.2) is 0 Å². The van der Waals surface area contributed by atoms with Crippen molar-refractivity contribution in [2.45, 2.75) is 0 Å². The van der Waals surface area contributed by atoms with Crippen molar-refractivity contribution >= 4 is 38.4 Å². The molecule has 0 aliphatic heterocycles. The zero-order valence-corrected chi connectivity index (χ0v) is 9.29. The van der Waals surface area contributed by atoms with Crippen molar-refractivity contribution in [2.75, 3.05) is 0 Å². The van der Waals surface area contributed by atoms with Gasteiger partial charge in [-0.15, -0.1) is 0 Å². The largest absolute Gasteiger partial charge is 0.410 e. The van der Waals surface area contributed by atoms with Crippen LogP contribution in [0.15, 0.2) is 21.8 Å². The van der Waals surface area contributed by atoms with E-state index in [0.29, 0.717) is 0 Å². The molecular formula is C7H3BrClFN2O3. The van der Waals surface area contributed by atoms with Gasteiger partial charge in [0, 0.05) is 16.1 Å². The third-order valence-electron chi connectivity index (χ3n) is 1.54. The molecule has 0 aliphatic rings. The number of nitrogens with zero attached hydrogens (tertiary/aromatic N) is 2. The molecule has 1 aromatic carbocycles. The van der Waals surface area contributed by atoms with Crippen LogP contribution in [0.4, 0.5) is 10.1 Å². The highest BCUT2D eigenvalue weighted by Crippen LogP contribution is 2.27. The molecule has 0 aromatic heterocycles. The van der Waals surface area contributed by atoms with Crippen molar-refractivity contribution in [3.63, 3.8) is 0 Å². The minimum absolute atomic E-state index is 0.0345. The standard InChI is InChI=1S/C7H3BrClFN2O3/c8-4-2-5(10)6(12(14)15)1-3(4)7(9)11-13/h1-2,13H/b11-7-. The molecule has 0 aliphatic carbocycles. The smallest absolute Gasteiger partial charge is 0.305 e. The van der Waals surface area contributed by atoms with Gasteiger partial charge < -0.3 is 5.21 Å². The van der Waals surface area contributed by atoms with E-state index in [2.05, 4.69) is 21.1 Å². The Bertz CT molecular complexity index is 452. The Balaban J connectivity index is 3.43. The van der Waals surface area contributed by atoms with Crippen molar-refractivity contribution in [1.82, 2.24) is 0 Å². The van der Waals surface area contributed by atoms with Gasteiger partial charge in [0.1, 0.15) is 0 Å².